The number of aromatic nitrogens is 3. The molecule has 0 fully saturated rings. The smallest absolute Gasteiger partial charge is 0.234 e. The maximum atomic E-state index is 12.3. The van der Waals surface area contributed by atoms with E-state index in [-0.39, 0.29) is 11.7 Å². The van der Waals surface area contributed by atoms with E-state index in [1.54, 1.807) is 17.4 Å². The second-order valence-corrected chi connectivity index (χ2v) is 7.85. The summed E-state index contributed by atoms with van der Waals surface area (Å²) >= 11 is 2.98. The minimum Gasteiger partial charge on any atom is -0.378 e. The average Bonchev–Trinajstić information content (AvgIpc) is 3.30. The zero-order valence-electron chi connectivity index (χ0n) is 15.3. The molecule has 3 aromatic rings. The van der Waals surface area contributed by atoms with Gasteiger partial charge in [-0.2, -0.15) is 0 Å². The van der Waals surface area contributed by atoms with Crippen molar-refractivity contribution in [3.63, 3.8) is 0 Å². The fraction of sp³-hybridized carbons (Fsp3) is 0.211. The number of thioether (sulfide) groups is 1. The van der Waals surface area contributed by atoms with Crippen molar-refractivity contribution in [2.24, 2.45) is 0 Å². The van der Waals surface area contributed by atoms with Crippen LogP contribution in [-0.2, 0) is 11.3 Å². The highest BCUT2D eigenvalue weighted by Crippen LogP contribution is 2.27. The highest BCUT2D eigenvalue weighted by Gasteiger charge is 2.15. The van der Waals surface area contributed by atoms with Gasteiger partial charge in [0.15, 0.2) is 11.0 Å². The first kappa shape index (κ1) is 19.2. The van der Waals surface area contributed by atoms with Crippen molar-refractivity contribution in [1.82, 2.24) is 14.8 Å². The van der Waals surface area contributed by atoms with Crippen LogP contribution < -0.4 is 10.2 Å². The monoisotopic (exact) mass is 399 g/mol. The van der Waals surface area contributed by atoms with E-state index < -0.39 is 0 Å². The summed E-state index contributed by atoms with van der Waals surface area (Å²) in [5.41, 5.74) is 1.86. The van der Waals surface area contributed by atoms with Gasteiger partial charge in [0.2, 0.25) is 5.91 Å². The number of rotatable bonds is 8. The Morgan fingerprint density at radius 2 is 2.07 bits per heavy atom. The van der Waals surface area contributed by atoms with Gasteiger partial charge in [-0.05, 0) is 35.7 Å². The Morgan fingerprint density at radius 1 is 1.30 bits per heavy atom. The van der Waals surface area contributed by atoms with E-state index in [0.29, 0.717) is 11.7 Å². The molecule has 0 spiro atoms. The van der Waals surface area contributed by atoms with Gasteiger partial charge in [0.05, 0.1) is 10.6 Å². The second kappa shape index (κ2) is 8.88. The molecule has 27 heavy (non-hydrogen) atoms. The van der Waals surface area contributed by atoms with Crippen molar-refractivity contribution >= 4 is 40.4 Å². The van der Waals surface area contributed by atoms with E-state index in [4.69, 9.17) is 0 Å². The molecule has 140 valence electrons. The van der Waals surface area contributed by atoms with Crippen molar-refractivity contribution in [1.29, 1.82) is 0 Å². The first-order chi connectivity index (χ1) is 13.1. The fourth-order valence-electron chi connectivity index (χ4n) is 2.45. The molecule has 8 heteroatoms. The van der Waals surface area contributed by atoms with E-state index in [0.717, 1.165) is 22.1 Å². The van der Waals surface area contributed by atoms with Gasteiger partial charge >= 0.3 is 0 Å². The molecule has 0 atom stereocenters. The number of nitrogens with one attached hydrogen (secondary N) is 1. The van der Waals surface area contributed by atoms with Crippen LogP contribution in [0.4, 0.5) is 11.4 Å². The number of amides is 1. The molecule has 0 aliphatic heterocycles. The maximum absolute atomic E-state index is 12.3. The number of allylic oxidation sites excluding steroid dienone is 1. The quantitative estimate of drug-likeness (QED) is 0.458. The molecular formula is C19H21N5OS2. The number of benzene rings is 1. The lowest BCUT2D eigenvalue weighted by Crippen LogP contribution is -2.15. The lowest BCUT2D eigenvalue weighted by Gasteiger charge is -2.13. The molecule has 0 saturated carbocycles. The topological polar surface area (TPSA) is 63.1 Å². The lowest BCUT2D eigenvalue weighted by atomic mass is 10.2. The molecule has 0 bridgehead atoms. The Kier molecular flexibility index (Phi) is 6.31. The summed E-state index contributed by atoms with van der Waals surface area (Å²) in [6.45, 7) is 4.40. The SMILES string of the molecule is C=CCn1c(SCC(=O)Nc2ccc(N(C)C)cc2)nnc1-c1cccs1. The fourth-order valence-corrected chi connectivity index (χ4v) is 3.91. The summed E-state index contributed by atoms with van der Waals surface area (Å²) in [6, 6.07) is 11.7. The highest BCUT2D eigenvalue weighted by molar-refractivity contribution is 7.99. The predicted octanol–water partition coefficient (Wildman–Crippen LogP) is 3.99. The third-order valence-corrected chi connectivity index (χ3v) is 5.60. The third-order valence-electron chi connectivity index (χ3n) is 3.77. The van der Waals surface area contributed by atoms with Crippen LogP contribution in [0.3, 0.4) is 0 Å². The molecule has 6 nitrogen and oxygen atoms in total. The molecule has 1 N–H and O–H groups in total. The van der Waals surface area contributed by atoms with Gasteiger partial charge in [-0.1, -0.05) is 23.9 Å². The van der Waals surface area contributed by atoms with Crippen LogP contribution >= 0.6 is 23.1 Å². The normalized spacial score (nSPS) is 10.6. The summed E-state index contributed by atoms with van der Waals surface area (Å²) in [7, 11) is 3.96. The molecule has 1 aromatic carbocycles. The molecule has 1 amide bonds. The maximum Gasteiger partial charge on any atom is 0.234 e. The third kappa shape index (κ3) is 4.78. The molecule has 2 heterocycles. The van der Waals surface area contributed by atoms with Crippen molar-refractivity contribution < 1.29 is 4.79 Å². The van der Waals surface area contributed by atoms with Crippen LogP contribution in [0, 0.1) is 0 Å². The molecule has 0 unspecified atom stereocenters. The number of thiophene rings is 1. The molecular weight excluding hydrogens is 378 g/mol. The first-order valence-corrected chi connectivity index (χ1v) is 10.2. The van der Waals surface area contributed by atoms with Crippen molar-refractivity contribution in [3.8, 4) is 10.7 Å². The lowest BCUT2D eigenvalue weighted by molar-refractivity contribution is -0.113. The number of carbonyl (C=O) groups is 1. The van der Waals surface area contributed by atoms with Gasteiger partial charge in [-0.25, -0.2) is 0 Å². The number of carbonyl (C=O) groups excluding carboxylic acids is 1. The number of hydrogen-bond acceptors (Lipinski definition) is 6. The van der Waals surface area contributed by atoms with Crippen LogP contribution in [0.5, 0.6) is 0 Å². The van der Waals surface area contributed by atoms with Crippen molar-refractivity contribution in [3.05, 3.63) is 54.4 Å². The summed E-state index contributed by atoms with van der Waals surface area (Å²) in [5.74, 6) is 0.977. The molecule has 2 aromatic heterocycles. The number of anilines is 2. The Labute approximate surface area is 166 Å². The van der Waals surface area contributed by atoms with E-state index in [1.165, 1.54) is 11.8 Å². The van der Waals surface area contributed by atoms with Gasteiger partial charge in [0.1, 0.15) is 0 Å². The predicted molar refractivity (Wildman–Crippen MR) is 114 cm³/mol. The highest BCUT2D eigenvalue weighted by atomic mass is 32.2. The van der Waals surface area contributed by atoms with Crippen LogP contribution in [0.25, 0.3) is 10.7 Å². The van der Waals surface area contributed by atoms with E-state index in [1.807, 2.05) is 65.3 Å². The van der Waals surface area contributed by atoms with Crippen LogP contribution in [0.2, 0.25) is 0 Å². The van der Waals surface area contributed by atoms with Crippen molar-refractivity contribution in [2.75, 3.05) is 30.1 Å². The van der Waals surface area contributed by atoms with Crippen molar-refractivity contribution in [2.45, 2.75) is 11.7 Å². The second-order valence-electron chi connectivity index (χ2n) is 5.96. The largest absolute Gasteiger partial charge is 0.378 e. The Bertz CT molecular complexity index is 901. The average molecular weight is 400 g/mol. The van der Waals surface area contributed by atoms with Crippen LogP contribution in [0.15, 0.2) is 59.6 Å². The molecule has 3 rings (SSSR count). The Hall–Kier alpha value is -2.58. The van der Waals surface area contributed by atoms with Gasteiger partial charge in [0.25, 0.3) is 0 Å². The summed E-state index contributed by atoms with van der Waals surface area (Å²) < 4.78 is 1.97. The molecule has 0 aliphatic rings. The molecule has 0 radical (unpaired) electrons. The zero-order chi connectivity index (χ0) is 19.2. The van der Waals surface area contributed by atoms with E-state index in [2.05, 4.69) is 22.1 Å². The summed E-state index contributed by atoms with van der Waals surface area (Å²) in [4.78, 5) is 15.3. The van der Waals surface area contributed by atoms with E-state index in [9.17, 15) is 4.79 Å². The zero-order valence-corrected chi connectivity index (χ0v) is 16.9. The standard InChI is InChI=1S/C19H21N5OS2/c1-4-11-24-18(16-6-5-12-26-16)21-22-19(24)27-13-17(25)20-14-7-9-15(10-8-14)23(2)3/h4-10,12H,1,11,13H2,2-3H3,(H,20,25). The Morgan fingerprint density at radius 3 is 2.70 bits per heavy atom. The summed E-state index contributed by atoms with van der Waals surface area (Å²) in [6.07, 6.45) is 1.80. The first-order valence-electron chi connectivity index (χ1n) is 8.36. The van der Waals surface area contributed by atoms with Gasteiger partial charge in [-0.15, -0.1) is 28.1 Å². The minimum absolute atomic E-state index is 0.0802. The molecule has 0 saturated heterocycles. The summed E-state index contributed by atoms with van der Waals surface area (Å²) in [5, 5.41) is 14.2. The van der Waals surface area contributed by atoms with Gasteiger partial charge in [0, 0.05) is 32.0 Å². The van der Waals surface area contributed by atoms with E-state index >= 15 is 0 Å². The number of hydrogen-bond donors (Lipinski definition) is 1. The van der Waals surface area contributed by atoms with Crippen LogP contribution in [-0.4, -0.2) is 40.5 Å². The molecule has 0 aliphatic carbocycles. The Balaban J connectivity index is 1.64. The minimum atomic E-state index is -0.0802. The van der Waals surface area contributed by atoms with Gasteiger partial charge in [-0.3, -0.25) is 9.36 Å². The number of nitrogens with zero attached hydrogens (tertiary/aromatic N) is 4. The van der Waals surface area contributed by atoms with Gasteiger partial charge < -0.3 is 10.2 Å². The van der Waals surface area contributed by atoms with Crippen LogP contribution in [0.1, 0.15) is 0 Å².